The van der Waals surface area contributed by atoms with Crippen LogP contribution in [0.1, 0.15) is 21.7 Å². The van der Waals surface area contributed by atoms with Gasteiger partial charge in [-0.3, -0.25) is 9.59 Å². The number of hydrogen-bond donors (Lipinski definition) is 0. The SMILES string of the molecule is Cc1nc2ccc(C(=O)N3CCN(C(=O)C(F)(F)F)CC3)cc2nc1C. The lowest BCUT2D eigenvalue weighted by Gasteiger charge is -2.35. The molecule has 1 aliphatic heterocycles. The summed E-state index contributed by atoms with van der Waals surface area (Å²) in [5.41, 5.74) is 3.23. The fourth-order valence-corrected chi connectivity index (χ4v) is 2.84. The van der Waals surface area contributed by atoms with E-state index in [1.165, 1.54) is 4.90 Å². The average Bonchev–Trinajstić information content (AvgIpc) is 2.60. The highest BCUT2D eigenvalue weighted by molar-refractivity contribution is 5.97. The van der Waals surface area contributed by atoms with Crippen molar-refractivity contribution in [3.8, 4) is 0 Å². The molecule has 6 nitrogen and oxygen atoms in total. The van der Waals surface area contributed by atoms with E-state index in [1.54, 1.807) is 18.2 Å². The predicted molar refractivity (Wildman–Crippen MR) is 87.6 cm³/mol. The third-order valence-corrected chi connectivity index (χ3v) is 4.42. The van der Waals surface area contributed by atoms with E-state index in [-0.39, 0.29) is 32.1 Å². The van der Waals surface area contributed by atoms with Crippen LogP contribution in [0, 0.1) is 13.8 Å². The molecule has 0 saturated carbocycles. The van der Waals surface area contributed by atoms with Gasteiger partial charge in [0.1, 0.15) is 0 Å². The Kier molecular flexibility index (Phi) is 4.55. The van der Waals surface area contributed by atoms with E-state index in [4.69, 9.17) is 0 Å². The van der Waals surface area contributed by atoms with Crippen molar-refractivity contribution in [1.29, 1.82) is 0 Å². The smallest absolute Gasteiger partial charge is 0.335 e. The van der Waals surface area contributed by atoms with Gasteiger partial charge in [-0.05, 0) is 32.0 Å². The van der Waals surface area contributed by atoms with E-state index < -0.39 is 12.1 Å². The van der Waals surface area contributed by atoms with Gasteiger partial charge in [0.2, 0.25) is 0 Å². The zero-order valence-electron chi connectivity index (χ0n) is 14.3. The molecular weight excluding hydrogens is 349 g/mol. The van der Waals surface area contributed by atoms with E-state index in [0.717, 1.165) is 16.3 Å². The van der Waals surface area contributed by atoms with E-state index in [0.29, 0.717) is 16.6 Å². The fourth-order valence-electron chi connectivity index (χ4n) is 2.84. The van der Waals surface area contributed by atoms with Crippen LogP contribution >= 0.6 is 0 Å². The Hall–Kier alpha value is -2.71. The summed E-state index contributed by atoms with van der Waals surface area (Å²) in [6.07, 6.45) is -4.89. The van der Waals surface area contributed by atoms with Crippen LogP contribution in [0.2, 0.25) is 0 Å². The van der Waals surface area contributed by atoms with Crippen LogP contribution in [0.3, 0.4) is 0 Å². The van der Waals surface area contributed by atoms with E-state index in [9.17, 15) is 22.8 Å². The largest absolute Gasteiger partial charge is 0.471 e. The highest BCUT2D eigenvalue weighted by Crippen LogP contribution is 2.21. The molecule has 0 bridgehead atoms. The summed E-state index contributed by atoms with van der Waals surface area (Å²) in [5, 5.41) is 0. The number of halogens is 3. The average molecular weight is 366 g/mol. The molecule has 0 unspecified atom stereocenters. The van der Waals surface area contributed by atoms with E-state index in [1.807, 2.05) is 13.8 Å². The minimum absolute atomic E-state index is 0.0529. The quantitative estimate of drug-likeness (QED) is 0.775. The van der Waals surface area contributed by atoms with Gasteiger partial charge in [0.05, 0.1) is 22.4 Å². The lowest BCUT2D eigenvalue weighted by molar-refractivity contribution is -0.186. The molecule has 0 N–H and O–H groups in total. The van der Waals surface area contributed by atoms with Gasteiger partial charge in [0.25, 0.3) is 5.91 Å². The summed E-state index contributed by atoms with van der Waals surface area (Å²) >= 11 is 0. The van der Waals surface area contributed by atoms with Gasteiger partial charge in [0, 0.05) is 31.7 Å². The summed E-state index contributed by atoms with van der Waals surface area (Å²) in [4.78, 5) is 34.9. The Morgan fingerprint density at radius 3 is 2.04 bits per heavy atom. The monoisotopic (exact) mass is 366 g/mol. The van der Waals surface area contributed by atoms with E-state index in [2.05, 4.69) is 9.97 Å². The van der Waals surface area contributed by atoms with Crippen molar-refractivity contribution in [3.05, 3.63) is 35.2 Å². The standard InChI is InChI=1S/C17H17F3N4O2/c1-10-11(2)22-14-9-12(3-4-13(14)21-10)15(25)23-5-7-24(8-6-23)16(26)17(18,19)20/h3-4,9H,5-8H2,1-2H3. The number of nitrogens with zero attached hydrogens (tertiary/aromatic N) is 4. The van der Waals surface area contributed by atoms with Crippen LogP contribution in [0.25, 0.3) is 11.0 Å². The highest BCUT2D eigenvalue weighted by atomic mass is 19.4. The molecule has 0 radical (unpaired) electrons. The molecule has 1 fully saturated rings. The minimum Gasteiger partial charge on any atom is -0.335 e. The Labute approximate surface area is 147 Å². The van der Waals surface area contributed by atoms with Gasteiger partial charge in [-0.1, -0.05) is 0 Å². The topological polar surface area (TPSA) is 66.4 Å². The van der Waals surface area contributed by atoms with E-state index >= 15 is 0 Å². The number of benzene rings is 1. The Morgan fingerprint density at radius 2 is 1.46 bits per heavy atom. The van der Waals surface area contributed by atoms with Gasteiger partial charge < -0.3 is 9.80 Å². The molecule has 1 aromatic heterocycles. The normalized spacial score (nSPS) is 15.4. The molecule has 9 heteroatoms. The Bertz CT molecular complexity index is 874. The summed E-state index contributed by atoms with van der Waals surface area (Å²) in [6, 6.07) is 4.96. The lowest BCUT2D eigenvalue weighted by Crippen LogP contribution is -2.53. The number of rotatable bonds is 1. The van der Waals surface area contributed by atoms with Crippen LogP contribution in [-0.2, 0) is 4.79 Å². The van der Waals surface area contributed by atoms with Gasteiger partial charge in [-0.15, -0.1) is 0 Å². The van der Waals surface area contributed by atoms with Gasteiger partial charge >= 0.3 is 12.1 Å². The van der Waals surface area contributed by atoms with Crippen molar-refractivity contribution in [2.45, 2.75) is 20.0 Å². The van der Waals surface area contributed by atoms with Crippen molar-refractivity contribution in [3.63, 3.8) is 0 Å². The summed E-state index contributed by atoms with van der Waals surface area (Å²) < 4.78 is 37.4. The Balaban J connectivity index is 1.73. The second-order valence-corrected chi connectivity index (χ2v) is 6.18. The zero-order chi connectivity index (χ0) is 19.1. The molecule has 2 amide bonds. The number of aromatic nitrogens is 2. The zero-order valence-corrected chi connectivity index (χ0v) is 14.3. The van der Waals surface area contributed by atoms with Crippen molar-refractivity contribution in [2.24, 2.45) is 0 Å². The maximum Gasteiger partial charge on any atom is 0.471 e. The summed E-state index contributed by atoms with van der Waals surface area (Å²) in [6.45, 7) is 3.50. The predicted octanol–water partition coefficient (Wildman–Crippen LogP) is 2.09. The number of fused-ring (bicyclic) bond motifs is 1. The minimum atomic E-state index is -4.89. The van der Waals surface area contributed by atoms with Crippen molar-refractivity contribution >= 4 is 22.8 Å². The van der Waals surface area contributed by atoms with Crippen molar-refractivity contribution in [2.75, 3.05) is 26.2 Å². The summed E-state index contributed by atoms with van der Waals surface area (Å²) in [7, 11) is 0. The van der Waals surface area contributed by atoms with Crippen molar-refractivity contribution < 1.29 is 22.8 Å². The number of amides is 2. The molecule has 0 atom stereocenters. The highest BCUT2D eigenvalue weighted by Gasteiger charge is 2.43. The molecule has 0 spiro atoms. The first-order chi connectivity index (χ1) is 12.2. The number of piperazine rings is 1. The molecule has 2 aromatic rings. The second kappa shape index (κ2) is 6.54. The first-order valence-electron chi connectivity index (χ1n) is 8.07. The second-order valence-electron chi connectivity index (χ2n) is 6.18. The molecule has 1 aliphatic rings. The van der Waals surface area contributed by atoms with Crippen LogP contribution in [0.15, 0.2) is 18.2 Å². The number of aryl methyl sites for hydroxylation is 2. The van der Waals surface area contributed by atoms with Crippen molar-refractivity contribution in [1.82, 2.24) is 19.8 Å². The molecule has 138 valence electrons. The first-order valence-corrected chi connectivity index (χ1v) is 8.07. The molecule has 26 heavy (non-hydrogen) atoms. The number of carbonyl (C=O) groups excluding carboxylic acids is 2. The third kappa shape index (κ3) is 3.47. The first kappa shape index (κ1) is 18.1. The number of carbonyl (C=O) groups is 2. The Morgan fingerprint density at radius 1 is 0.923 bits per heavy atom. The van der Waals surface area contributed by atoms with Gasteiger partial charge in [0.15, 0.2) is 0 Å². The maximum atomic E-state index is 12.6. The van der Waals surface area contributed by atoms with Crippen LogP contribution in [-0.4, -0.2) is 63.9 Å². The lowest BCUT2D eigenvalue weighted by atomic mass is 10.1. The van der Waals surface area contributed by atoms with Crippen LogP contribution in [0.4, 0.5) is 13.2 Å². The molecule has 1 aromatic carbocycles. The summed E-state index contributed by atoms with van der Waals surface area (Å²) in [5.74, 6) is -2.16. The fraction of sp³-hybridized carbons (Fsp3) is 0.412. The number of alkyl halides is 3. The molecule has 1 saturated heterocycles. The molecular formula is C17H17F3N4O2. The molecule has 3 rings (SSSR count). The third-order valence-electron chi connectivity index (χ3n) is 4.42. The van der Waals surface area contributed by atoms with Gasteiger partial charge in [-0.2, -0.15) is 13.2 Å². The van der Waals surface area contributed by atoms with Crippen LogP contribution in [0.5, 0.6) is 0 Å². The number of hydrogen-bond acceptors (Lipinski definition) is 4. The maximum absolute atomic E-state index is 12.6. The molecule has 2 heterocycles. The van der Waals surface area contributed by atoms with Gasteiger partial charge in [-0.25, -0.2) is 9.97 Å². The van der Waals surface area contributed by atoms with Crippen LogP contribution < -0.4 is 0 Å². The molecule has 0 aliphatic carbocycles.